The molecule has 0 aliphatic rings. The van der Waals surface area contributed by atoms with Crippen molar-refractivity contribution in [2.75, 3.05) is 7.05 Å². The van der Waals surface area contributed by atoms with Crippen molar-refractivity contribution in [1.82, 2.24) is 9.62 Å². The molecule has 0 aliphatic carbocycles. The van der Waals surface area contributed by atoms with Gasteiger partial charge in [0.2, 0.25) is 5.12 Å². The molecule has 1 N–H and O–H groups in total. The summed E-state index contributed by atoms with van der Waals surface area (Å²) in [6.45, 7) is 0.500. The van der Waals surface area contributed by atoms with E-state index in [1.165, 1.54) is 16.2 Å². The van der Waals surface area contributed by atoms with Crippen LogP contribution in [0.25, 0.3) is 0 Å². The minimum Gasteiger partial charge on any atom is -0.323 e. The van der Waals surface area contributed by atoms with Gasteiger partial charge in [0.1, 0.15) is 0 Å². The predicted molar refractivity (Wildman–Crippen MR) is 82.7 cm³/mol. The molecule has 1 aromatic heterocycles. The molecule has 2 amide bonds. The average Bonchev–Trinajstić information content (AvgIpc) is 2.99. The van der Waals surface area contributed by atoms with Gasteiger partial charge >= 0.3 is 6.03 Å². The van der Waals surface area contributed by atoms with Crippen molar-refractivity contribution >= 4 is 34.4 Å². The third-order valence-corrected chi connectivity index (χ3v) is 4.24. The van der Waals surface area contributed by atoms with E-state index >= 15 is 0 Å². The fraction of sp³-hybridized carbons (Fsp3) is 0.143. The van der Waals surface area contributed by atoms with Crippen LogP contribution in [0.3, 0.4) is 0 Å². The number of amides is 2. The Morgan fingerprint density at radius 1 is 1.20 bits per heavy atom. The summed E-state index contributed by atoms with van der Waals surface area (Å²) in [6.07, 6.45) is 0. The van der Waals surface area contributed by atoms with Gasteiger partial charge in [0, 0.05) is 25.5 Å². The number of carbonyl (C=O) groups excluding carboxylic acids is 2. The molecule has 0 radical (unpaired) electrons. The van der Waals surface area contributed by atoms with Gasteiger partial charge in [-0.15, -0.1) is 11.3 Å². The molecule has 1 heterocycles. The van der Waals surface area contributed by atoms with Gasteiger partial charge in [-0.05, 0) is 17.0 Å². The SMILES string of the molecule is CN(Cc1ccccc1)C(=O)NSC(=O)c1cccs1. The van der Waals surface area contributed by atoms with Crippen LogP contribution >= 0.6 is 23.3 Å². The predicted octanol–water partition coefficient (Wildman–Crippen LogP) is 3.38. The summed E-state index contributed by atoms with van der Waals surface area (Å²) in [5, 5.41) is 1.68. The van der Waals surface area contributed by atoms with Gasteiger partial charge in [-0.3, -0.25) is 9.52 Å². The molecular formula is C14H14N2O2S2. The lowest BCUT2D eigenvalue weighted by molar-refractivity contribution is 0.109. The lowest BCUT2D eigenvalue weighted by Gasteiger charge is -2.17. The summed E-state index contributed by atoms with van der Waals surface area (Å²) < 4.78 is 2.55. The molecule has 20 heavy (non-hydrogen) atoms. The van der Waals surface area contributed by atoms with Crippen LogP contribution in [0.5, 0.6) is 0 Å². The zero-order chi connectivity index (χ0) is 14.4. The molecule has 2 aromatic rings. The molecule has 0 fully saturated rings. The number of thiophene rings is 1. The number of nitrogens with one attached hydrogen (secondary N) is 1. The molecular weight excluding hydrogens is 292 g/mol. The van der Waals surface area contributed by atoms with E-state index in [-0.39, 0.29) is 11.1 Å². The lowest BCUT2D eigenvalue weighted by Crippen LogP contribution is -2.33. The average molecular weight is 306 g/mol. The fourth-order valence-electron chi connectivity index (χ4n) is 1.54. The molecule has 0 spiro atoms. The molecule has 1 aromatic carbocycles. The summed E-state index contributed by atoms with van der Waals surface area (Å²) in [4.78, 5) is 25.8. The first-order chi connectivity index (χ1) is 9.66. The summed E-state index contributed by atoms with van der Waals surface area (Å²) in [7, 11) is 1.69. The Morgan fingerprint density at radius 3 is 2.60 bits per heavy atom. The minimum absolute atomic E-state index is 0.151. The van der Waals surface area contributed by atoms with Gasteiger partial charge in [-0.1, -0.05) is 36.4 Å². The van der Waals surface area contributed by atoms with Crippen LogP contribution in [-0.4, -0.2) is 23.1 Å². The van der Waals surface area contributed by atoms with Gasteiger partial charge < -0.3 is 4.90 Å². The number of rotatable bonds is 3. The number of urea groups is 1. The second-order valence-electron chi connectivity index (χ2n) is 4.12. The quantitative estimate of drug-likeness (QED) is 0.884. The number of hydrogen-bond donors (Lipinski definition) is 1. The van der Waals surface area contributed by atoms with Crippen molar-refractivity contribution in [2.24, 2.45) is 0 Å². The number of hydrogen-bond acceptors (Lipinski definition) is 4. The highest BCUT2D eigenvalue weighted by Crippen LogP contribution is 2.15. The van der Waals surface area contributed by atoms with E-state index in [4.69, 9.17) is 0 Å². The Hall–Kier alpha value is -1.79. The molecule has 2 rings (SSSR count). The van der Waals surface area contributed by atoms with Crippen LogP contribution in [0.1, 0.15) is 15.2 Å². The van der Waals surface area contributed by atoms with E-state index in [2.05, 4.69) is 4.72 Å². The number of benzene rings is 1. The topological polar surface area (TPSA) is 49.4 Å². The molecule has 4 nitrogen and oxygen atoms in total. The van der Waals surface area contributed by atoms with E-state index in [9.17, 15) is 9.59 Å². The highest BCUT2D eigenvalue weighted by molar-refractivity contribution is 8.13. The highest BCUT2D eigenvalue weighted by atomic mass is 32.2. The Balaban J connectivity index is 1.81. The molecule has 0 unspecified atom stereocenters. The van der Waals surface area contributed by atoms with Gasteiger partial charge in [0.05, 0.1) is 4.88 Å². The summed E-state index contributed by atoms with van der Waals surface area (Å²) in [5.74, 6) is 0. The smallest absolute Gasteiger partial charge is 0.323 e. The second kappa shape index (κ2) is 7.12. The maximum atomic E-state index is 11.9. The normalized spacial score (nSPS) is 10.1. The van der Waals surface area contributed by atoms with Crippen LogP contribution in [0.4, 0.5) is 4.79 Å². The molecule has 0 bridgehead atoms. The zero-order valence-electron chi connectivity index (χ0n) is 10.9. The Bertz CT molecular complexity index is 570. The first kappa shape index (κ1) is 14.6. The maximum Gasteiger partial charge on any atom is 0.327 e. The van der Waals surface area contributed by atoms with E-state index in [1.807, 2.05) is 41.8 Å². The van der Waals surface area contributed by atoms with Crippen molar-refractivity contribution in [1.29, 1.82) is 0 Å². The van der Waals surface area contributed by atoms with E-state index in [0.29, 0.717) is 11.4 Å². The van der Waals surface area contributed by atoms with Crippen molar-refractivity contribution in [3.8, 4) is 0 Å². The van der Waals surface area contributed by atoms with Crippen LogP contribution < -0.4 is 4.72 Å². The van der Waals surface area contributed by atoms with Crippen LogP contribution in [0.2, 0.25) is 0 Å². The van der Waals surface area contributed by atoms with Crippen molar-refractivity contribution in [3.63, 3.8) is 0 Å². The summed E-state index contributed by atoms with van der Waals surface area (Å²) in [6, 6.07) is 12.9. The molecule has 0 atom stereocenters. The highest BCUT2D eigenvalue weighted by Gasteiger charge is 2.13. The monoisotopic (exact) mass is 306 g/mol. The third-order valence-electron chi connectivity index (χ3n) is 2.56. The summed E-state index contributed by atoms with van der Waals surface area (Å²) in [5.41, 5.74) is 1.04. The third kappa shape index (κ3) is 4.11. The Labute approximate surface area is 125 Å². The fourth-order valence-corrected chi connectivity index (χ4v) is 2.87. The summed E-state index contributed by atoms with van der Waals surface area (Å²) >= 11 is 2.17. The number of carbonyl (C=O) groups is 2. The standard InChI is InChI=1S/C14H14N2O2S2/c1-16(10-11-6-3-2-4-7-11)14(18)15-20-13(17)12-8-5-9-19-12/h2-9H,10H2,1H3,(H,15,18). The van der Waals surface area contributed by atoms with Crippen LogP contribution in [-0.2, 0) is 6.54 Å². The van der Waals surface area contributed by atoms with Crippen LogP contribution in [0, 0.1) is 0 Å². The molecule has 0 aliphatic heterocycles. The molecule has 0 saturated heterocycles. The Morgan fingerprint density at radius 2 is 1.95 bits per heavy atom. The van der Waals surface area contributed by atoms with E-state index in [0.717, 1.165) is 17.5 Å². The van der Waals surface area contributed by atoms with Gasteiger partial charge in [-0.25, -0.2) is 4.79 Å². The van der Waals surface area contributed by atoms with Crippen molar-refractivity contribution in [2.45, 2.75) is 6.54 Å². The lowest BCUT2D eigenvalue weighted by atomic mass is 10.2. The van der Waals surface area contributed by atoms with Gasteiger partial charge in [0.15, 0.2) is 0 Å². The van der Waals surface area contributed by atoms with E-state index < -0.39 is 0 Å². The minimum atomic E-state index is -0.288. The number of nitrogens with zero attached hydrogens (tertiary/aromatic N) is 1. The maximum absolute atomic E-state index is 11.9. The first-order valence-corrected chi connectivity index (χ1v) is 7.66. The molecule has 6 heteroatoms. The zero-order valence-corrected chi connectivity index (χ0v) is 12.5. The van der Waals surface area contributed by atoms with Crippen molar-refractivity contribution in [3.05, 3.63) is 58.3 Å². The van der Waals surface area contributed by atoms with Gasteiger partial charge in [0.25, 0.3) is 0 Å². The largest absolute Gasteiger partial charge is 0.327 e. The molecule has 104 valence electrons. The van der Waals surface area contributed by atoms with E-state index in [1.54, 1.807) is 13.1 Å². The van der Waals surface area contributed by atoms with Gasteiger partial charge in [-0.2, -0.15) is 0 Å². The van der Waals surface area contributed by atoms with Crippen molar-refractivity contribution < 1.29 is 9.59 Å². The molecule has 0 saturated carbocycles. The first-order valence-electron chi connectivity index (χ1n) is 5.96. The van der Waals surface area contributed by atoms with Crippen LogP contribution in [0.15, 0.2) is 47.8 Å². The Kier molecular flexibility index (Phi) is 5.20. The second-order valence-corrected chi connectivity index (χ2v) is 5.84.